The smallest absolute Gasteiger partial charge is 0.234 e. The molecule has 0 N–H and O–H groups in total. The van der Waals surface area contributed by atoms with Crippen LogP contribution in [0.1, 0.15) is 22.4 Å². The van der Waals surface area contributed by atoms with Crippen LogP contribution >= 0.6 is 11.8 Å². The zero-order valence-corrected chi connectivity index (χ0v) is 15.1. The molecule has 3 heterocycles. The van der Waals surface area contributed by atoms with Gasteiger partial charge in [-0.05, 0) is 29.8 Å². The van der Waals surface area contributed by atoms with Crippen LogP contribution in [0, 0.1) is 0 Å². The monoisotopic (exact) mass is 370 g/mol. The van der Waals surface area contributed by atoms with E-state index in [9.17, 15) is 4.79 Å². The molecule has 1 amide bonds. The van der Waals surface area contributed by atoms with Crippen molar-refractivity contribution >= 4 is 17.7 Å². The van der Waals surface area contributed by atoms with Crippen molar-refractivity contribution in [3.05, 3.63) is 65.9 Å². The number of ether oxygens (including phenoxy) is 1. The average Bonchev–Trinajstić information content (AvgIpc) is 3.39. The summed E-state index contributed by atoms with van der Waals surface area (Å²) in [5.74, 6) is 2.09. The van der Waals surface area contributed by atoms with Crippen molar-refractivity contribution in [3.63, 3.8) is 0 Å². The molecule has 8 heteroatoms. The number of hydrogen-bond acceptors (Lipinski definition) is 6. The van der Waals surface area contributed by atoms with E-state index in [1.54, 1.807) is 34.7 Å². The van der Waals surface area contributed by atoms with Gasteiger partial charge in [-0.3, -0.25) is 4.79 Å². The third-order valence-electron chi connectivity index (χ3n) is 4.16. The molecule has 2 aromatic heterocycles. The molecule has 1 unspecified atom stereocenters. The van der Waals surface area contributed by atoms with Crippen molar-refractivity contribution < 1.29 is 13.9 Å². The van der Waals surface area contributed by atoms with Crippen molar-refractivity contribution in [2.24, 2.45) is 0 Å². The van der Waals surface area contributed by atoms with Crippen LogP contribution in [0.3, 0.4) is 0 Å². The van der Waals surface area contributed by atoms with Crippen molar-refractivity contribution in [2.75, 3.05) is 12.9 Å². The highest BCUT2D eigenvalue weighted by atomic mass is 32.2. The predicted molar refractivity (Wildman–Crippen MR) is 96.6 cm³/mol. The molecule has 1 atom stereocenters. The molecule has 1 aliphatic heterocycles. The van der Waals surface area contributed by atoms with Crippen molar-refractivity contribution in [1.82, 2.24) is 19.9 Å². The van der Waals surface area contributed by atoms with Crippen LogP contribution in [0.25, 0.3) is 0 Å². The van der Waals surface area contributed by atoms with Gasteiger partial charge in [-0.2, -0.15) is 0 Å². The SMILES string of the molecule is COc1cccc(Cn2cc(C3SCC(=O)N3Cc3ccco3)nn2)c1. The van der Waals surface area contributed by atoms with Gasteiger partial charge in [0.05, 0.1) is 38.4 Å². The molecule has 0 aliphatic carbocycles. The fourth-order valence-corrected chi connectivity index (χ4v) is 4.02. The van der Waals surface area contributed by atoms with E-state index in [0.717, 1.165) is 22.8 Å². The van der Waals surface area contributed by atoms with Gasteiger partial charge in [-0.25, -0.2) is 4.68 Å². The molecular formula is C18H18N4O3S. The standard InChI is InChI=1S/C18H18N4O3S/c1-24-14-5-2-4-13(8-14)9-21-11-16(19-20-21)18-22(17(23)12-26-18)10-15-6-3-7-25-15/h2-8,11,18H,9-10,12H2,1H3. The number of benzene rings is 1. The van der Waals surface area contributed by atoms with Gasteiger partial charge in [-0.1, -0.05) is 17.3 Å². The van der Waals surface area contributed by atoms with E-state index in [4.69, 9.17) is 9.15 Å². The van der Waals surface area contributed by atoms with Gasteiger partial charge in [0.15, 0.2) is 0 Å². The fourth-order valence-electron chi connectivity index (χ4n) is 2.90. The Morgan fingerprint density at radius 1 is 1.31 bits per heavy atom. The molecule has 1 fully saturated rings. The summed E-state index contributed by atoms with van der Waals surface area (Å²) in [6.45, 7) is 1.03. The summed E-state index contributed by atoms with van der Waals surface area (Å²) >= 11 is 1.56. The van der Waals surface area contributed by atoms with Crippen molar-refractivity contribution in [3.8, 4) is 5.75 Å². The number of carbonyl (C=O) groups excluding carboxylic acids is 1. The van der Waals surface area contributed by atoms with Gasteiger partial charge in [0.1, 0.15) is 22.6 Å². The minimum atomic E-state index is -0.147. The first-order valence-corrected chi connectivity index (χ1v) is 9.24. The van der Waals surface area contributed by atoms with Gasteiger partial charge in [-0.15, -0.1) is 16.9 Å². The number of furan rings is 1. The summed E-state index contributed by atoms with van der Waals surface area (Å²) in [4.78, 5) is 14.0. The topological polar surface area (TPSA) is 73.4 Å². The largest absolute Gasteiger partial charge is 0.497 e. The lowest BCUT2D eigenvalue weighted by atomic mass is 10.2. The van der Waals surface area contributed by atoms with Crippen molar-refractivity contribution in [2.45, 2.75) is 18.5 Å². The quantitative estimate of drug-likeness (QED) is 0.664. The molecule has 0 radical (unpaired) electrons. The molecule has 26 heavy (non-hydrogen) atoms. The third kappa shape index (κ3) is 3.45. The molecule has 7 nitrogen and oxygen atoms in total. The Labute approximate surface area is 154 Å². The van der Waals surface area contributed by atoms with E-state index >= 15 is 0 Å². The fraction of sp³-hybridized carbons (Fsp3) is 0.278. The Balaban J connectivity index is 1.50. The van der Waals surface area contributed by atoms with Crippen LogP contribution in [0.5, 0.6) is 5.75 Å². The summed E-state index contributed by atoms with van der Waals surface area (Å²) in [6, 6.07) is 11.5. The second-order valence-electron chi connectivity index (χ2n) is 5.96. The van der Waals surface area contributed by atoms with E-state index < -0.39 is 0 Å². The Hall–Kier alpha value is -2.74. The first-order chi connectivity index (χ1) is 12.7. The van der Waals surface area contributed by atoms with E-state index in [-0.39, 0.29) is 11.3 Å². The zero-order chi connectivity index (χ0) is 17.9. The summed E-state index contributed by atoms with van der Waals surface area (Å²) in [5, 5.41) is 8.36. The number of amides is 1. The Bertz CT molecular complexity index is 893. The lowest BCUT2D eigenvalue weighted by Gasteiger charge is -2.20. The van der Waals surface area contributed by atoms with Gasteiger partial charge in [0.2, 0.25) is 5.91 Å². The Morgan fingerprint density at radius 2 is 2.23 bits per heavy atom. The second kappa shape index (κ2) is 7.25. The maximum absolute atomic E-state index is 12.2. The van der Waals surface area contributed by atoms with E-state index in [0.29, 0.717) is 18.8 Å². The molecule has 1 aliphatic rings. The predicted octanol–water partition coefficient (Wildman–Crippen LogP) is 2.70. The molecule has 3 aromatic rings. The number of methoxy groups -OCH3 is 1. The van der Waals surface area contributed by atoms with E-state index in [2.05, 4.69) is 10.3 Å². The van der Waals surface area contributed by atoms with Gasteiger partial charge in [0.25, 0.3) is 0 Å². The zero-order valence-electron chi connectivity index (χ0n) is 14.2. The number of hydrogen-bond donors (Lipinski definition) is 0. The summed E-state index contributed by atoms with van der Waals surface area (Å²) in [6.07, 6.45) is 3.51. The Morgan fingerprint density at radius 3 is 3.04 bits per heavy atom. The van der Waals surface area contributed by atoms with Gasteiger partial charge in [0, 0.05) is 0 Å². The van der Waals surface area contributed by atoms with Crippen LogP contribution in [0.4, 0.5) is 0 Å². The lowest BCUT2D eigenvalue weighted by molar-refractivity contribution is -0.128. The molecule has 0 bridgehead atoms. The number of rotatable bonds is 6. The summed E-state index contributed by atoms with van der Waals surface area (Å²) in [5.41, 5.74) is 1.85. The van der Waals surface area contributed by atoms with Gasteiger partial charge >= 0.3 is 0 Å². The van der Waals surface area contributed by atoms with Crippen LogP contribution in [0.2, 0.25) is 0 Å². The first-order valence-electron chi connectivity index (χ1n) is 8.19. The maximum atomic E-state index is 12.2. The first kappa shape index (κ1) is 16.7. The summed E-state index contributed by atoms with van der Waals surface area (Å²) < 4.78 is 12.4. The van der Waals surface area contributed by atoms with Crippen LogP contribution in [-0.2, 0) is 17.9 Å². The molecule has 1 saturated heterocycles. The minimum Gasteiger partial charge on any atom is -0.497 e. The normalized spacial score (nSPS) is 17.0. The number of aromatic nitrogens is 3. The maximum Gasteiger partial charge on any atom is 0.234 e. The molecule has 0 spiro atoms. The van der Waals surface area contributed by atoms with Crippen LogP contribution in [0.15, 0.2) is 53.3 Å². The highest BCUT2D eigenvalue weighted by Gasteiger charge is 2.35. The van der Waals surface area contributed by atoms with E-state index in [1.807, 2.05) is 42.6 Å². The van der Waals surface area contributed by atoms with E-state index in [1.165, 1.54) is 0 Å². The second-order valence-corrected chi connectivity index (χ2v) is 7.03. The average molecular weight is 370 g/mol. The Kier molecular flexibility index (Phi) is 4.66. The molecule has 0 saturated carbocycles. The number of carbonyl (C=O) groups is 1. The van der Waals surface area contributed by atoms with Crippen molar-refractivity contribution in [1.29, 1.82) is 0 Å². The van der Waals surface area contributed by atoms with Crippen LogP contribution in [-0.4, -0.2) is 38.7 Å². The molecule has 134 valence electrons. The van der Waals surface area contributed by atoms with Crippen LogP contribution < -0.4 is 4.74 Å². The molecule has 4 rings (SSSR count). The lowest BCUT2D eigenvalue weighted by Crippen LogP contribution is -2.27. The third-order valence-corrected chi connectivity index (χ3v) is 5.39. The molecular weight excluding hydrogens is 352 g/mol. The highest BCUT2D eigenvalue weighted by Crippen LogP contribution is 2.38. The van der Waals surface area contributed by atoms with Gasteiger partial charge < -0.3 is 14.1 Å². The summed E-state index contributed by atoms with van der Waals surface area (Å²) in [7, 11) is 1.65. The number of nitrogens with zero attached hydrogens (tertiary/aromatic N) is 4. The molecule has 1 aromatic carbocycles. The highest BCUT2D eigenvalue weighted by molar-refractivity contribution is 8.00. The minimum absolute atomic E-state index is 0.0822. The number of thioether (sulfide) groups is 1.